The van der Waals surface area contributed by atoms with E-state index in [-0.39, 0.29) is 18.1 Å². The van der Waals surface area contributed by atoms with Gasteiger partial charge in [0.05, 0.1) is 5.56 Å². The van der Waals surface area contributed by atoms with E-state index in [4.69, 9.17) is 4.74 Å². The number of hydrogen-bond acceptors (Lipinski definition) is 3. The van der Waals surface area contributed by atoms with Gasteiger partial charge < -0.3 is 15.2 Å². The molecule has 9 heteroatoms. The first-order valence-corrected chi connectivity index (χ1v) is 10.3. The smallest absolute Gasteiger partial charge is 0.416 e. The average molecular weight is 473 g/mol. The Kier molecular flexibility index (Phi) is 6.28. The molecule has 2 N–H and O–H groups in total. The van der Waals surface area contributed by atoms with Crippen LogP contribution in [0.4, 0.5) is 22.4 Å². The van der Waals surface area contributed by atoms with Crippen molar-refractivity contribution in [3.8, 4) is 11.1 Å². The van der Waals surface area contributed by atoms with Gasteiger partial charge in [0, 0.05) is 12.3 Å². The molecule has 4 rings (SSSR count). The lowest BCUT2D eigenvalue weighted by molar-refractivity contribution is -0.139. The molecule has 3 aromatic rings. The SMILES string of the molecule is O=C(NC(Cc1ccc(C(F)(F)F)cc1F)C(=O)O)OCC1c2ccccc2-c2ccccc21. The van der Waals surface area contributed by atoms with Crippen molar-refractivity contribution < 1.29 is 37.0 Å². The van der Waals surface area contributed by atoms with Gasteiger partial charge in [0.25, 0.3) is 0 Å². The van der Waals surface area contributed by atoms with Gasteiger partial charge in [-0.1, -0.05) is 54.6 Å². The minimum Gasteiger partial charge on any atom is -0.480 e. The molecule has 0 bridgehead atoms. The van der Waals surface area contributed by atoms with Crippen molar-refractivity contribution in [2.45, 2.75) is 24.6 Å². The predicted molar refractivity (Wildman–Crippen MR) is 115 cm³/mol. The normalized spacial score (nSPS) is 13.6. The monoisotopic (exact) mass is 473 g/mol. The van der Waals surface area contributed by atoms with Gasteiger partial charge in [-0.15, -0.1) is 0 Å². The van der Waals surface area contributed by atoms with Crippen LogP contribution in [0.3, 0.4) is 0 Å². The van der Waals surface area contributed by atoms with Crippen molar-refractivity contribution in [2.24, 2.45) is 0 Å². The van der Waals surface area contributed by atoms with E-state index in [0.717, 1.165) is 28.3 Å². The Balaban J connectivity index is 1.43. The van der Waals surface area contributed by atoms with E-state index in [2.05, 4.69) is 5.32 Å². The predicted octanol–water partition coefficient (Wildman–Crippen LogP) is 5.38. The minimum absolute atomic E-state index is 0.0547. The summed E-state index contributed by atoms with van der Waals surface area (Å²) in [6, 6.07) is 15.5. The lowest BCUT2D eigenvalue weighted by Gasteiger charge is -2.18. The Morgan fingerprint density at radius 2 is 1.56 bits per heavy atom. The van der Waals surface area contributed by atoms with Gasteiger partial charge in [-0.05, 0) is 39.9 Å². The summed E-state index contributed by atoms with van der Waals surface area (Å²) >= 11 is 0. The van der Waals surface area contributed by atoms with Crippen LogP contribution in [0.1, 0.15) is 28.2 Å². The first kappa shape index (κ1) is 23.3. The van der Waals surface area contributed by atoms with Crippen molar-refractivity contribution >= 4 is 12.1 Å². The van der Waals surface area contributed by atoms with Crippen molar-refractivity contribution in [3.05, 3.63) is 94.8 Å². The number of alkyl carbamates (subject to hydrolysis) is 1. The molecule has 3 aromatic carbocycles. The summed E-state index contributed by atoms with van der Waals surface area (Å²) in [5.41, 5.74) is 2.52. The number of alkyl halides is 3. The number of fused-ring (bicyclic) bond motifs is 3. The number of carbonyl (C=O) groups excluding carboxylic acids is 1. The molecule has 0 fully saturated rings. The molecule has 1 aliphatic carbocycles. The van der Waals surface area contributed by atoms with Crippen molar-refractivity contribution in [3.63, 3.8) is 0 Å². The van der Waals surface area contributed by atoms with Crippen LogP contribution in [-0.4, -0.2) is 29.8 Å². The van der Waals surface area contributed by atoms with Crippen molar-refractivity contribution in [1.29, 1.82) is 0 Å². The Morgan fingerprint density at radius 3 is 2.09 bits per heavy atom. The van der Waals surface area contributed by atoms with E-state index in [9.17, 15) is 32.3 Å². The summed E-state index contributed by atoms with van der Waals surface area (Å²) in [4.78, 5) is 24.0. The molecule has 0 aliphatic heterocycles. The molecule has 176 valence electrons. The number of amides is 1. The summed E-state index contributed by atoms with van der Waals surface area (Å²) in [5.74, 6) is -2.93. The molecule has 5 nitrogen and oxygen atoms in total. The first-order valence-electron chi connectivity index (χ1n) is 10.3. The lowest BCUT2D eigenvalue weighted by Crippen LogP contribution is -2.43. The van der Waals surface area contributed by atoms with Crippen LogP contribution in [0, 0.1) is 5.82 Å². The average Bonchev–Trinajstić information content (AvgIpc) is 3.11. The van der Waals surface area contributed by atoms with E-state index in [0.29, 0.717) is 12.1 Å². The highest BCUT2D eigenvalue weighted by Crippen LogP contribution is 2.44. The van der Waals surface area contributed by atoms with Gasteiger partial charge in [-0.3, -0.25) is 0 Å². The van der Waals surface area contributed by atoms with Crippen LogP contribution in [0.2, 0.25) is 0 Å². The third-order valence-corrected chi connectivity index (χ3v) is 5.74. The highest BCUT2D eigenvalue weighted by atomic mass is 19.4. The van der Waals surface area contributed by atoms with Crippen molar-refractivity contribution in [1.82, 2.24) is 5.32 Å². The number of benzene rings is 3. The zero-order valence-electron chi connectivity index (χ0n) is 17.6. The quantitative estimate of drug-likeness (QED) is 0.472. The van der Waals surface area contributed by atoms with E-state index < -0.39 is 42.1 Å². The van der Waals surface area contributed by atoms with E-state index in [1.165, 1.54) is 0 Å². The number of nitrogens with one attached hydrogen (secondary N) is 1. The van der Waals surface area contributed by atoms with Gasteiger partial charge in [0.1, 0.15) is 18.5 Å². The standard InChI is InChI=1S/C25H19F4NO4/c26-21-12-15(25(27,28)29)10-9-14(21)11-22(23(31)32)30-24(33)34-13-20-18-7-3-1-5-16(18)17-6-2-4-8-19(17)20/h1-10,12,20,22H,11,13H2,(H,30,33)(H,31,32). The maximum Gasteiger partial charge on any atom is 0.416 e. The van der Waals surface area contributed by atoms with E-state index in [1.807, 2.05) is 48.5 Å². The molecule has 1 aliphatic rings. The molecule has 1 atom stereocenters. The maximum absolute atomic E-state index is 14.1. The fraction of sp³-hybridized carbons (Fsp3) is 0.200. The number of carboxylic acid groups (broad SMARTS) is 1. The Labute approximate surface area is 192 Å². The molecule has 34 heavy (non-hydrogen) atoms. The van der Waals surface area contributed by atoms with Crippen LogP contribution in [0.5, 0.6) is 0 Å². The number of halogens is 4. The molecular formula is C25H19F4NO4. The molecule has 0 spiro atoms. The Bertz CT molecular complexity index is 1200. The van der Waals surface area contributed by atoms with Crippen LogP contribution in [-0.2, 0) is 22.1 Å². The molecule has 0 aromatic heterocycles. The molecule has 0 radical (unpaired) electrons. The highest BCUT2D eigenvalue weighted by Gasteiger charge is 2.32. The topological polar surface area (TPSA) is 75.6 Å². The van der Waals surface area contributed by atoms with Gasteiger partial charge in [-0.25, -0.2) is 14.0 Å². The first-order chi connectivity index (χ1) is 16.1. The Hall–Kier alpha value is -3.88. The van der Waals surface area contributed by atoms with Gasteiger partial charge in [0.15, 0.2) is 0 Å². The zero-order chi connectivity index (χ0) is 24.5. The second kappa shape index (κ2) is 9.17. The number of carbonyl (C=O) groups is 2. The largest absolute Gasteiger partial charge is 0.480 e. The summed E-state index contributed by atoms with van der Waals surface area (Å²) in [6.07, 6.45) is -6.31. The summed E-state index contributed by atoms with van der Waals surface area (Å²) < 4.78 is 57.6. The van der Waals surface area contributed by atoms with Gasteiger partial charge >= 0.3 is 18.2 Å². The minimum atomic E-state index is -4.73. The fourth-order valence-corrected chi connectivity index (χ4v) is 4.09. The molecule has 0 saturated heterocycles. The molecule has 1 amide bonds. The van der Waals surface area contributed by atoms with E-state index >= 15 is 0 Å². The summed E-state index contributed by atoms with van der Waals surface area (Å²) in [7, 11) is 0. The molecular weight excluding hydrogens is 454 g/mol. The molecule has 1 unspecified atom stereocenters. The number of rotatable bonds is 6. The van der Waals surface area contributed by atoms with Crippen LogP contribution >= 0.6 is 0 Å². The zero-order valence-corrected chi connectivity index (χ0v) is 17.6. The van der Waals surface area contributed by atoms with Gasteiger partial charge in [0.2, 0.25) is 0 Å². The van der Waals surface area contributed by atoms with E-state index in [1.54, 1.807) is 0 Å². The number of hydrogen-bond donors (Lipinski definition) is 2. The number of carboxylic acids is 1. The summed E-state index contributed by atoms with van der Waals surface area (Å²) in [5, 5.41) is 11.6. The summed E-state index contributed by atoms with van der Waals surface area (Å²) in [6.45, 7) is -0.0547. The second-order valence-electron chi connectivity index (χ2n) is 7.87. The van der Waals surface area contributed by atoms with Crippen LogP contribution < -0.4 is 5.32 Å². The Morgan fingerprint density at radius 1 is 0.971 bits per heavy atom. The lowest BCUT2D eigenvalue weighted by atomic mass is 9.98. The van der Waals surface area contributed by atoms with Gasteiger partial charge in [-0.2, -0.15) is 13.2 Å². The number of aliphatic carboxylic acids is 1. The third kappa shape index (κ3) is 4.73. The fourth-order valence-electron chi connectivity index (χ4n) is 4.09. The molecule has 0 heterocycles. The molecule has 0 saturated carbocycles. The second-order valence-corrected chi connectivity index (χ2v) is 7.87. The highest BCUT2D eigenvalue weighted by molar-refractivity contribution is 5.81. The van der Waals surface area contributed by atoms with Crippen LogP contribution in [0.25, 0.3) is 11.1 Å². The van der Waals surface area contributed by atoms with Crippen molar-refractivity contribution in [2.75, 3.05) is 6.61 Å². The maximum atomic E-state index is 14.1. The number of ether oxygens (including phenoxy) is 1. The third-order valence-electron chi connectivity index (χ3n) is 5.74. The van der Waals surface area contributed by atoms with Crippen LogP contribution in [0.15, 0.2) is 66.7 Å².